The fourth-order valence-electron chi connectivity index (χ4n) is 23.6. The van der Waals surface area contributed by atoms with Crippen molar-refractivity contribution in [3.63, 3.8) is 0 Å². The highest BCUT2D eigenvalue weighted by atomic mass is 15.1. The Balaban J connectivity index is 0.900. The van der Waals surface area contributed by atoms with Crippen molar-refractivity contribution in [1.82, 2.24) is 0 Å². The molecule has 0 amide bonds. The van der Waals surface area contributed by atoms with Gasteiger partial charge in [0.15, 0.2) is 0 Å². The van der Waals surface area contributed by atoms with E-state index < -0.39 is 0 Å². The van der Waals surface area contributed by atoms with Gasteiger partial charge < -0.3 is 9.80 Å². The summed E-state index contributed by atoms with van der Waals surface area (Å²) < 4.78 is 0. The fourth-order valence-corrected chi connectivity index (χ4v) is 23.6. The van der Waals surface area contributed by atoms with Crippen LogP contribution in [-0.2, 0) is 16.2 Å². The standard InChI is InChI=1S/C123H148N2/c1-13-25-43-89(19-7)83-121(84-90(20-8)44-26-14-2)115-71-61-97(95-57-67-107(68-58-95)124(103-49-35-31-36-50-103)104-51-37-32-38-52-104)77-109(115)111-79-99(63-73-117(111)121)101-65-75-119-113(81-101)114-82-102(66-76-120(114)123(119,87-93(23-11)47-29-17-5)88-94(24-12)48-30-18-6)100-64-74-118-112(80-100)110-78-98(62-72-116(110)122(118,85-91(21-9)45-27-15-3)86-92(22-10)46-28-16-4)96-59-69-108(70-60-96)125(105-53-39-33-40-54-105)106-55-41-34-42-56-106/h31-42,49-82,89-94H,13-30,43-48,83-88H2,1-12H3. The maximum absolute atomic E-state index is 2.72. The third-order valence-corrected chi connectivity index (χ3v) is 30.8. The summed E-state index contributed by atoms with van der Waals surface area (Å²) >= 11 is 0. The van der Waals surface area contributed by atoms with Gasteiger partial charge in [-0.2, -0.15) is 0 Å². The van der Waals surface area contributed by atoms with E-state index in [1.807, 2.05) is 0 Å². The molecule has 3 aliphatic rings. The molecule has 650 valence electrons. The number of hydrogen-bond donors (Lipinski definition) is 0. The Hall–Kier alpha value is -9.76. The van der Waals surface area contributed by atoms with Gasteiger partial charge in [-0.05, 0) is 294 Å². The maximum atomic E-state index is 2.72. The van der Waals surface area contributed by atoms with Crippen molar-refractivity contribution in [2.24, 2.45) is 35.5 Å². The topological polar surface area (TPSA) is 6.48 Å². The number of fused-ring (bicyclic) bond motifs is 9. The van der Waals surface area contributed by atoms with E-state index in [-0.39, 0.29) is 16.2 Å². The number of hydrogen-bond acceptors (Lipinski definition) is 2. The third kappa shape index (κ3) is 19.1. The lowest BCUT2D eigenvalue weighted by Crippen LogP contribution is -2.31. The van der Waals surface area contributed by atoms with Crippen molar-refractivity contribution in [2.75, 3.05) is 9.80 Å². The molecule has 12 aromatic carbocycles. The lowest BCUT2D eigenvalue weighted by molar-refractivity contribution is 0.266. The monoisotopic (exact) mass is 1650 g/mol. The summed E-state index contributed by atoms with van der Waals surface area (Å²) in [7, 11) is 0. The first-order valence-electron chi connectivity index (χ1n) is 50.3. The van der Waals surface area contributed by atoms with Gasteiger partial charge in [0.05, 0.1) is 0 Å². The number of unbranched alkanes of at least 4 members (excludes halogenated alkanes) is 6. The van der Waals surface area contributed by atoms with Gasteiger partial charge in [0, 0.05) is 50.4 Å². The van der Waals surface area contributed by atoms with Gasteiger partial charge in [0.1, 0.15) is 0 Å². The zero-order valence-corrected chi connectivity index (χ0v) is 78.6. The minimum atomic E-state index is -0.119. The van der Waals surface area contributed by atoms with Crippen LogP contribution in [0.5, 0.6) is 0 Å². The number of benzene rings is 12. The van der Waals surface area contributed by atoms with Crippen LogP contribution in [0.3, 0.4) is 0 Å². The van der Waals surface area contributed by atoms with Gasteiger partial charge in [-0.3, -0.25) is 0 Å². The van der Waals surface area contributed by atoms with E-state index in [1.54, 1.807) is 33.4 Å². The summed E-state index contributed by atoms with van der Waals surface area (Å²) in [4.78, 5) is 4.77. The summed E-state index contributed by atoms with van der Waals surface area (Å²) in [6.07, 6.45) is 37.2. The summed E-state index contributed by atoms with van der Waals surface area (Å²) in [5.74, 6) is 3.79. The molecule has 0 spiro atoms. The van der Waals surface area contributed by atoms with Crippen LogP contribution in [0.15, 0.2) is 279 Å². The van der Waals surface area contributed by atoms with Gasteiger partial charge in [-0.15, -0.1) is 0 Å². The first-order chi connectivity index (χ1) is 61.4. The number of rotatable bonds is 46. The highest BCUT2D eigenvalue weighted by Gasteiger charge is 2.50. The molecule has 125 heavy (non-hydrogen) atoms. The largest absolute Gasteiger partial charge is 0.311 e. The second-order valence-electron chi connectivity index (χ2n) is 38.6. The Labute approximate surface area is 756 Å². The zero-order valence-electron chi connectivity index (χ0n) is 78.6. The lowest BCUT2D eigenvalue weighted by atomic mass is 9.65. The first-order valence-corrected chi connectivity index (χ1v) is 50.3. The normalized spacial score (nSPS) is 17.3. The molecule has 0 saturated carbocycles. The Morgan fingerprint density at radius 2 is 0.344 bits per heavy atom. The van der Waals surface area contributed by atoms with Crippen molar-refractivity contribution in [3.05, 3.63) is 312 Å². The molecule has 6 unspecified atom stereocenters. The van der Waals surface area contributed by atoms with Gasteiger partial charge in [-0.25, -0.2) is 0 Å². The summed E-state index contributed by atoms with van der Waals surface area (Å²) in [5.41, 5.74) is 35.1. The SMILES string of the molecule is CCCCC(CC)CC1(CC(CC)CCCC)c2ccc(-c3ccc(N(c4ccccc4)c4ccccc4)cc3)cc2-c2cc(-c3ccc4c(c3)-c3cc(-c5ccc6c(c5)-c5cc(-c7ccc(N(c8ccccc8)c8ccccc8)cc7)ccc5C6(CC(CC)CCCC)CC(CC)CCCC)ccc3C4(CC(CC)CCCC)CC(CC)CCCC)ccc21. The van der Waals surface area contributed by atoms with E-state index >= 15 is 0 Å². The minimum absolute atomic E-state index is 0.0991. The zero-order chi connectivity index (χ0) is 86.9. The van der Waals surface area contributed by atoms with Crippen LogP contribution in [0.4, 0.5) is 34.1 Å². The van der Waals surface area contributed by atoms with Crippen LogP contribution in [0, 0.1) is 35.5 Å². The Bertz CT molecular complexity index is 4970. The fraction of sp³-hybridized carbons (Fsp3) is 0.415. The van der Waals surface area contributed by atoms with Crippen molar-refractivity contribution in [2.45, 2.75) is 292 Å². The maximum Gasteiger partial charge on any atom is 0.0462 e. The Morgan fingerprint density at radius 1 is 0.184 bits per heavy atom. The molecule has 0 radical (unpaired) electrons. The molecule has 0 aromatic heterocycles. The van der Waals surface area contributed by atoms with Gasteiger partial charge in [-0.1, -0.05) is 407 Å². The van der Waals surface area contributed by atoms with Crippen LogP contribution >= 0.6 is 0 Å². The molecule has 0 bridgehead atoms. The third-order valence-electron chi connectivity index (χ3n) is 30.8. The molecule has 12 aromatic rings. The smallest absolute Gasteiger partial charge is 0.0462 e. The number of anilines is 6. The predicted octanol–water partition coefficient (Wildman–Crippen LogP) is 37.7. The highest BCUT2D eigenvalue weighted by Crippen LogP contribution is 2.63. The minimum Gasteiger partial charge on any atom is -0.311 e. The average molecular weight is 1650 g/mol. The van der Waals surface area contributed by atoms with Crippen LogP contribution < -0.4 is 9.80 Å². The molecule has 0 fully saturated rings. The van der Waals surface area contributed by atoms with Crippen molar-refractivity contribution in [3.8, 4) is 77.9 Å². The summed E-state index contributed by atoms with van der Waals surface area (Å²) in [5, 5.41) is 0. The van der Waals surface area contributed by atoms with E-state index in [0.717, 1.165) is 34.1 Å². The van der Waals surface area contributed by atoms with Crippen molar-refractivity contribution < 1.29 is 0 Å². The Kier molecular flexibility index (Phi) is 30.4. The van der Waals surface area contributed by atoms with E-state index in [9.17, 15) is 0 Å². The van der Waals surface area contributed by atoms with Crippen LogP contribution in [0.25, 0.3) is 77.9 Å². The molecular formula is C123H148N2. The Morgan fingerprint density at radius 3 is 0.512 bits per heavy atom. The lowest BCUT2D eigenvalue weighted by Gasteiger charge is -2.39. The quantitative estimate of drug-likeness (QED) is 0.0375. The number of para-hydroxylation sites is 4. The van der Waals surface area contributed by atoms with E-state index in [2.05, 4.69) is 372 Å². The molecule has 0 N–H and O–H groups in total. The summed E-state index contributed by atoms with van der Waals surface area (Å²) in [6, 6.07) is 110. The molecule has 15 rings (SSSR count). The van der Waals surface area contributed by atoms with Gasteiger partial charge in [0.25, 0.3) is 0 Å². The molecule has 0 heterocycles. The van der Waals surface area contributed by atoms with Crippen molar-refractivity contribution >= 4 is 34.1 Å². The first kappa shape index (κ1) is 90.0. The molecule has 0 saturated heterocycles. The van der Waals surface area contributed by atoms with Crippen LogP contribution in [0.1, 0.15) is 309 Å². The van der Waals surface area contributed by atoms with E-state index in [0.29, 0.717) is 35.5 Å². The molecular weight excluding hydrogens is 1510 g/mol. The van der Waals surface area contributed by atoms with Gasteiger partial charge >= 0.3 is 0 Å². The molecule has 0 aliphatic heterocycles. The predicted molar refractivity (Wildman–Crippen MR) is 544 cm³/mol. The van der Waals surface area contributed by atoms with Crippen LogP contribution in [-0.4, -0.2) is 0 Å². The van der Waals surface area contributed by atoms with Crippen molar-refractivity contribution in [1.29, 1.82) is 0 Å². The van der Waals surface area contributed by atoms with Crippen LogP contribution in [0.2, 0.25) is 0 Å². The van der Waals surface area contributed by atoms with Gasteiger partial charge in [0.2, 0.25) is 0 Å². The molecule has 3 aliphatic carbocycles. The summed E-state index contributed by atoms with van der Waals surface area (Å²) in [6.45, 7) is 29.4. The number of nitrogens with zero attached hydrogens (tertiary/aromatic N) is 2. The highest BCUT2D eigenvalue weighted by molar-refractivity contribution is 5.94. The second kappa shape index (κ2) is 42.2. The van der Waals surface area contributed by atoms with E-state index in [4.69, 9.17) is 0 Å². The molecule has 2 heteroatoms. The average Bonchev–Trinajstić information content (AvgIpc) is 1.58. The second-order valence-corrected chi connectivity index (χ2v) is 38.6. The molecule has 6 atom stereocenters. The molecule has 2 nitrogen and oxygen atoms in total. The van der Waals surface area contributed by atoms with E-state index in [1.165, 1.54) is 271 Å².